The SMILES string of the molecule is CCOC(=O)C1(CNCc2ccc(F)cc2)CC1. The molecule has 2 rings (SSSR count). The summed E-state index contributed by atoms with van der Waals surface area (Å²) in [5, 5.41) is 3.24. The van der Waals surface area contributed by atoms with E-state index in [1.807, 2.05) is 6.92 Å². The summed E-state index contributed by atoms with van der Waals surface area (Å²) in [7, 11) is 0. The van der Waals surface area contributed by atoms with Gasteiger partial charge in [-0.25, -0.2) is 4.39 Å². The molecule has 3 nitrogen and oxygen atoms in total. The van der Waals surface area contributed by atoms with Crippen molar-refractivity contribution in [2.24, 2.45) is 5.41 Å². The molecule has 0 amide bonds. The van der Waals surface area contributed by atoms with Crippen LogP contribution in [0.2, 0.25) is 0 Å². The Labute approximate surface area is 106 Å². The molecule has 4 heteroatoms. The number of carbonyl (C=O) groups is 1. The van der Waals surface area contributed by atoms with E-state index in [0.717, 1.165) is 18.4 Å². The first-order valence-electron chi connectivity index (χ1n) is 6.29. The Morgan fingerprint density at radius 3 is 2.61 bits per heavy atom. The number of carbonyl (C=O) groups excluding carboxylic acids is 1. The second-order valence-electron chi connectivity index (χ2n) is 4.73. The van der Waals surface area contributed by atoms with Crippen molar-refractivity contribution in [2.75, 3.05) is 13.2 Å². The number of benzene rings is 1. The molecule has 1 saturated carbocycles. The minimum atomic E-state index is -0.309. The third-order valence-corrected chi connectivity index (χ3v) is 3.27. The lowest BCUT2D eigenvalue weighted by Gasteiger charge is -2.14. The number of esters is 1. The molecule has 0 spiro atoms. The average molecular weight is 251 g/mol. The van der Waals surface area contributed by atoms with Crippen molar-refractivity contribution in [3.05, 3.63) is 35.6 Å². The number of ether oxygens (including phenoxy) is 1. The van der Waals surface area contributed by atoms with E-state index < -0.39 is 0 Å². The van der Waals surface area contributed by atoms with Crippen molar-refractivity contribution in [3.63, 3.8) is 0 Å². The van der Waals surface area contributed by atoms with Gasteiger partial charge >= 0.3 is 5.97 Å². The van der Waals surface area contributed by atoms with Gasteiger partial charge in [0.05, 0.1) is 12.0 Å². The summed E-state index contributed by atoms with van der Waals surface area (Å²) in [6.45, 7) is 3.52. The van der Waals surface area contributed by atoms with Crippen LogP contribution in [0.25, 0.3) is 0 Å². The van der Waals surface area contributed by atoms with Gasteiger partial charge in [0.15, 0.2) is 0 Å². The number of hydrogen-bond acceptors (Lipinski definition) is 3. The lowest BCUT2D eigenvalue weighted by molar-refractivity contribution is -0.149. The quantitative estimate of drug-likeness (QED) is 0.788. The van der Waals surface area contributed by atoms with E-state index in [2.05, 4.69) is 5.32 Å². The maximum Gasteiger partial charge on any atom is 0.313 e. The number of halogens is 1. The van der Waals surface area contributed by atoms with Gasteiger partial charge in [-0.1, -0.05) is 12.1 Å². The van der Waals surface area contributed by atoms with Crippen LogP contribution in [0.5, 0.6) is 0 Å². The van der Waals surface area contributed by atoms with Crippen LogP contribution >= 0.6 is 0 Å². The first-order valence-corrected chi connectivity index (χ1v) is 6.29. The monoisotopic (exact) mass is 251 g/mol. The Balaban J connectivity index is 1.78. The maximum absolute atomic E-state index is 12.7. The molecule has 0 unspecified atom stereocenters. The van der Waals surface area contributed by atoms with Crippen LogP contribution in [0.3, 0.4) is 0 Å². The number of rotatable bonds is 6. The summed E-state index contributed by atoms with van der Waals surface area (Å²) < 4.78 is 17.8. The van der Waals surface area contributed by atoms with Crippen molar-refractivity contribution >= 4 is 5.97 Å². The van der Waals surface area contributed by atoms with Crippen LogP contribution in [0.4, 0.5) is 4.39 Å². The average Bonchev–Trinajstić information content (AvgIpc) is 3.13. The van der Waals surface area contributed by atoms with Gasteiger partial charge in [-0.15, -0.1) is 0 Å². The van der Waals surface area contributed by atoms with Gasteiger partial charge in [0.2, 0.25) is 0 Å². The first kappa shape index (κ1) is 13.0. The zero-order chi connectivity index (χ0) is 13.0. The summed E-state index contributed by atoms with van der Waals surface area (Å²) in [4.78, 5) is 11.7. The Bertz CT molecular complexity index is 412. The molecule has 1 aliphatic carbocycles. The van der Waals surface area contributed by atoms with E-state index in [1.165, 1.54) is 12.1 Å². The highest BCUT2D eigenvalue weighted by molar-refractivity contribution is 5.80. The van der Waals surface area contributed by atoms with E-state index in [4.69, 9.17) is 4.74 Å². The van der Waals surface area contributed by atoms with E-state index in [-0.39, 0.29) is 17.2 Å². The molecule has 98 valence electrons. The van der Waals surface area contributed by atoms with Crippen molar-refractivity contribution in [1.29, 1.82) is 0 Å². The van der Waals surface area contributed by atoms with Crippen LogP contribution in [0.1, 0.15) is 25.3 Å². The second kappa shape index (κ2) is 5.48. The van der Waals surface area contributed by atoms with Gasteiger partial charge in [0.25, 0.3) is 0 Å². The summed E-state index contributed by atoms with van der Waals surface area (Å²) in [6.07, 6.45) is 1.78. The first-order chi connectivity index (χ1) is 8.66. The predicted molar refractivity (Wildman–Crippen MR) is 66.4 cm³/mol. The van der Waals surface area contributed by atoms with E-state index in [1.54, 1.807) is 12.1 Å². The fourth-order valence-electron chi connectivity index (χ4n) is 1.94. The molecule has 0 aliphatic heterocycles. The normalized spacial score (nSPS) is 16.3. The van der Waals surface area contributed by atoms with E-state index in [9.17, 15) is 9.18 Å². The zero-order valence-corrected chi connectivity index (χ0v) is 10.5. The molecule has 1 aliphatic rings. The van der Waals surface area contributed by atoms with Gasteiger partial charge in [-0.2, -0.15) is 0 Å². The lowest BCUT2D eigenvalue weighted by atomic mass is 10.1. The molecular formula is C14H18FNO2. The molecular weight excluding hydrogens is 233 g/mol. The molecule has 1 fully saturated rings. The topological polar surface area (TPSA) is 38.3 Å². The minimum Gasteiger partial charge on any atom is -0.466 e. The van der Waals surface area contributed by atoms with Gasteiger partial charge in [0, 0.05) is 13.1 Å². The highest BCUT2D eigenvalue weighted by Crippen LogP contribution is 2.46. The van der Waals surface area contributed by atoms with Crippen LogP contribution in [0, 0.1) is 11.2 Å². The molecule has 0 saturated heterocycles. The predicted octanol–water partition coefficient (Wildman–Crippen LogP) is 2.26. The Hall–Kier alpha value is -1.42. The highest BCUT2D eigenvalue weighted by atomic mass is 19.1. The Kier molecular flexibility index (Phi) is 3.97. The minimum absolute atomic E-state index is 0.100. The fraction of sp³-hybridized carbons (Fsp3) is 0.500. The van der Waals surface area contributed by atoms with Crippen LogP contribution < -0.4 is 5.32 Å². The van der Waals surface area contributed by atoms with Crippen molar-refractivity contribution in [3.8, 4) is 0 Å². The van der Waals surface area contributed by atoms with Crippen molar-refractivity contribution in [1.82, 2.24) is 5.32 Å². The molecule has 0 aromatic heterocycles. The molecule has 0 bridgehead atoms. The standard InChI is InChI=1S/C14H18FNO2/c1-2-18-13(17)14(7-8-14)10-16-9-11-3-5-12(15)6-4-11/h3-6,16H,2,7-10H2,1H3. The van der Waals surface area contributed by atoms with Crippen LogP contribution in [0.15, 0.2) is 24.3 Å². The molecule has 0 radical (unpaired) electrons. The highest BCUT2D eigenvalue weighted by Gasteiger charge is 2.50. The van der Waals surface area contributed by atoms with Gasteiger partial charge < -0.3 is 10.1 Å². The molecule has 0 heterocycles. The number of nitrogens with one attached hydrogen (secondary N) is 1. The van der Waals surface area contributed by atoms with Gasteiger partial charge in [-0.05, 0) is 37.5 Å². The fourth-order valence-corrected chi connectivity index (χ4v) is 1.94. The number of hydrogen-bond donors (Lipinski definition) is 1. The molecule has 0 atom stereocenters. The van der Waals surface area contributed by atoms with Crippen molar-refractivity contribution < 1.29 is 13.9 Å². The maximum atomic E-state index is 12.7. The lowest BCUT2D eigenvalue weighted by Crippen LogP contribution is -2.31. The Morgan fingerprint density at radius 1 is 1.39 bits per heavy atom. The third kappa shape index (κ3) is 3.07. The summed E-state index contributed by atoms with van der Waals surface area (Å²) >= 11 is 0. The Morgan fingerprint density at radius 2 is 2.06 bits per heavy atom. The molecule has 1 aromatic rings. The van der Waals surface area contributed by atoms with Gasteiger partial charge in [-0.3, -0.25) is 4.79 Å². The molecule has 18 heavy (non-hydrogen) atoms. The second-order valence-corrected chi connectivity index (χ2v) is 4.73. The van der Waals surface area contributed by atoms with Crippen LogP contribution in [-0.4, -0.2) is 19.1 Å². The third-order valence-electron chi connectivity index (χ3n) is 3.27. The summed E-state index contributed by atoms with van der Waals surface area (Å²) in [5.41, 5.74) is 0.701. The van der Waals surface area contributed by atoms with E-state index in [0.29, 0.717) is 19.7 Å². The van der Waals surface area contributed by atoms with Crippen LogP contribution in [-0.2, 0) is 16.1 Å². The summed E-state index contributed by atoms with van der Waals surface area (Å²) in [6, 6.07) is 6.36. The molecule has 1 aromatic carbocycles. The zero-order valence-electron chi connectivity index (χ0n) is 10.5. The smallest absolute Gasteiger partial charge is 0.313 e. The van der Waals surface area contributed by atoms with Crippen molar-refractivity contribution in [2.45, 2.75) is 26.3 Å². The van der Waals surface area contributed by atoms with E-state index >= 15 is 0 Å². The largest absolute Gasteiger partial charge is 0.466 e. The van der Waals surface area contributed by atoms with Gasteiger partial charge in [0.1, 0.15) is 5.82 Å². The summed E-state index contributed by atoms with van der Waals surface area (Å²) in [5.74, 6) is -0.333. The molecule has 1 N–H and O–H groups in total.